The summed E-state index contributed by atoms with van der Waals surface area (Å²) in [4.78, 5) is 15.6. The number of piperidine rings is 1. The molecule has 1 heterocycles. The smallest absolute Gasteiger partial charge is 0.233 e. The highest BCUT2D eigenvalue weighted by atomic mass is 16.5. The number of amides is 1. The van der Waals surface area contributed by atoms with Gasteiger partial charge < -0.3 is 15.4 Å². The van der Waals surface area contributed by atoms with Crippen LogP contribution in [0.25, 0.3) is 0 Å². The number of methoxy groups -OCH3 is 1. The monoisotopic (exact) mass is 330 g/mol. The van der Waals surface area contributed by atoms with Gasteiger partial charge in [0.25, 0.3) is 0 Å². The first kappa shape index (κ1) is 17.3. The molecule has 2 N–H and O–H groups in total. The number of hydrogen-bond donors (Lipinski definition) is 1. The molecular formula is C20H30N2O2. The molecule has 1 aromatic carbocycles. The summed E-state index contributed by atoms with van der Waals surface area (Å²) in [7, 11) is 1.67. The third kappa shape index (κ3) is 2.92. The van der Waals surface area contributed by atoms with Crippen LogP contribution in [0.5, 0.6) is 5.75 Å². The lowest BCUT2D eigenvalue weighted by Gasteiger charge is -2.45. The van der Waals surface area contributed by atoms with E-state index in [4.69, 9.17) is 10.5 Å². The molecular weight excluding hydrogens is 300 g/mol. The Labute approximate surface area is 145 Å². The molecule has 1 saturated heterocycles. The summed E-state index contributed by atoms with van der Waals surface area (Å²) in [5.74, 6) is 1.13. The number of nitrogens with zero attached hydrogens (tertiary/aromatic N) is 1. The maximum Gasteiger partial charge on any atom is 0.233 e. The van der Waals surface area contributed by atoms with Crippen molar-refractivity contribution >= 4 is 5.91 Å². The van der Waals surface area contributed by atoms with Crippen LogP contribution in [0.1, 0.15) is 51.5 Å². The van der Waals surface area contributed by atoms with Gasteiger partial charge >= 0.3 is 0 Å². The molecule has 0 bridgehead atoms. The normalized spacial score (nSPS) is 25.5. The maximum absolute atomic E-state index is 13.5. The summed E-state index contributed by atoms with van der Waals surface area (Å²) >= 11 is 0. The zero-order chi connectivity index (χ0) is 17.4. The van der Waals surface area contributed by atoms with Gasteiger partial charge in [0.2, 0.25) is 5.91 Å². The fourth-order valence-electron chi connectivity index (χ4n) is 4.36. The van der Waals surface area contributed by atoms with E-state index in [1.54, 1.807) is 7.11 Å². The molecule has 1 aromatic rings. The van der Waals surface area contributed by atoms with Crippen molar-refractivity contribution in [1.82, 2.24) is 4.90 Å². The molecule has 24 heavy (non-hydrogen) atoms. The van der Waals surface area contributed by atoms with Crippen LogP contribution in [0.3, 0.4) is 0 Å². The summed E-state index contributed by atoms with van der Waals surface area (Å²) < 4.78 is 5.27. The molecule has 1 aliphatic carbocycles. The highest BCUT2D eigenvalue weighted by Crippen LogP contribution is 2.44. The van der Waals surface area contributed by atoms with Crippen LogP contribution in [0.15, 0.2) is 24.3 Å². The molecule has 1 saturated carbocycles. The van der Waals surface area contributed by atoms with Gasteiger partial charge in [0.15, 0.2) is 0 Å². The van der Waals surface area contributed by atoms with E-state index in [1.807, 2.05) is 12.1 Å². The fourth-order valence-corrected chi connectivity index (χ4v) is 4.36. The van der Waals surface area contributed by atoms with Crippen LogP contribution >= 0.6 is 0 Å². The second-order valence-corrected chi connectivity index (χ2v) is 8.13. The number of carbonyl (C=O) groups excluding carboxylic acids is 1. The lowest BCUT2D eigenvalue weighted by atomic mass is 9.75. The summed E-state index contributed by atoms with van der Waals surface area (Å²) in [6, 6.07) is 8.26. The van der Waals surface area contributed by atoms with Crippen molar-refractivity contribution in [3.8, 4) is 5.75 Å². The predicted molar refractivity (Wildman–Crippen MR) is 96.1 cm³/mol. The lowest BCUT2D eigenvalue weighted by molar-refractivity contribution is -0.141. The Bertz CT molecular complexity index is 588. The van der Waals surface area contributed by atoms with Crippen molar-refractivity contribution < 1.29 is 9.53 Å². The molecule has 1 atom stereocenters. The van der Waals surface area contributed by atoms with Gasteiger partial charge in [-0.2, -0.15) is 0 Å². The number of hydrogen-bond acceptors (Lipinski definition) is 3. The first-order valence-electron chi connectivity index (χ1n) is 9.08. The van der Waals surface area contributed by atoms with Gasteiger partial charge in [-0.05, 0) is 42.4 Å². The minimum atomic E-state index is -0.357. The van der Waals surface area contributed by atoms with Crippen molar-refractivity contribution in [3.63, 3.8) is 0 Å². The number of carbonyl (C=O) groups is 1. The largest absolute Gasteiger partial charge is 0.497 e. The Morgan fingerprint density at radius 1 is 1.21 bits per heavy atom. The van der Waals surface area contributed by atoms with Gasteiger partial charge in [-0.1, -0.05) is 38.8 Å². The summed E-state index contributed by atoms with van der Waals surface area (Å²) in [5, 5.41) is 0. The van der Waals surface area contributed by atoms with E-state index in [-0.39, 0.29) is 16.9 Å². The Kier molecular flexibility index (Phi) is 4.60. The first-order valence-corrected chi connectivity index (χ1v) is 9.08. The zero-order valence-corrected chi connectivity index (χ0v) is 15.2. The Morgan fingerprint density at radius 2 is 1.83 bits per heavy atom. The van der Waals surface area contributed by atoms with Crippen LogP contribution in [-0.4, -0.2) is 37.0 Å². The fraction of sp³-hybridized carbons (Fsp3) is 0.650. The molecule has 0 radical (unpaired) electrons. The second kappa shape index (κ2) is 6.40. The molecule has 1 unspecified atom stereocenters. The van der Waals surface area contributed by atoms with Gasteiger partial charge in [-0.15, -0.1) is 0 Å². The number of likely N-dealkylation sites (tertiary alicyclic amines) is 1. The molecule has 2 aliphatic rings. The van der Waals surface area contributed by atoms with E-state index in [0.29, 0.717) is 5.91 Å². The standard InChI is InChI=1S/C20H30N2O2/c1-19(2)14-22(13-10-17(19)21)18(23)20(11-4-5-12-20)15-6-8-16(24-3)9-7-15/h6-9,17H,4-5,10-14,21H2,1-3H3. The van der Waals surface area contributed by atoms with E-state index in [0.717, 1.165) is 56.5 Å². The van der Waals surface area contributed by atoms with Crippen LogP contribution in [0.4, 0.5) is 0 Å². The van der Waals surface area contributed by atoms with Crippen LogP contribution in [0.2, 0.25) is 0 Å². The van der Waals surface area contributed by atoms with E-state index in [1.165, 1.54) is 0 Å². The van der Waals surface area contributed by atoms with Crippen molar-refractivity contribution in [1.29, 1.82) is 0 Å². The summed E-state index contributed by atoms with van der Waals surface area (Å²) in [6.07, 6.45) is 5.02. The summed E-state index contributed by atoms with van der Waals surface area (Å²) in [6.45, 7) is 5.88. The summed E-state index contributed by atoms with van der Waals surface area (Å²) in [5.41, 5.74) is 7.01. The number of rotatable bonds is 3. The lowest BCUT2D eigenvalue weighted by Crippen LogP contribution is -2.57. The Hall–Kier alpha value is -1.55. The van der Waals surface area contributed by atoms with E-state index in [2.05, 4.69) is 30.9 Å². The SMILES string of the molecule is COc1ccc(C2(C(=O)N3CCC(N)C(C)(C)C3)CCCC2)cc1. The second-order valence-electron chi connectivity index (χ2n) is 8.13. The van der Waals surface area contributed by atoms with Crippen LogP contribution < -0.4 is 10.5 Å². The van der Waals surface area contributed by atoms with Gasteiger partial charge in [0.05, 0.1) is 12.5 Å². The highest BCUT2D eigenvalue weighted by molar-refractivity contribution is 5.89. The van der Waals surface area contributed by atoms with Crippen LogP contribution in [-0.2, 0) is 10.2 Å². The molecule has 1 aliphatic heterocycles. The number of ether oxygens (including phenoxy) is 1. The van der Waals surface area contributed by atoms with Gasteiger partial charge in [-0.25, -0.2) is 0 Å². The van der Waals surface area contributed by atoms with Crippen molar-refractivity contribution in [2.75, 3.05) is 20.2 Å². The quantitative estimate of drug-likeness (QED) is 0.926. The third-order valence-electron chi connectivity index (χ3n) is 6.11. The van der Waals surface area contributed by atoms with E-state index < -0.39 is 0 Å². The predicted octanol–water partition coefficient (Wildman–Crippen LogP) is 3.09. The molecule has 4 nitrogen and oxygen atoms in total. The topological polar surface area (TPSA) is 55.6 Å². The van der Waals surface area contributed by atoms with Crippen LogP contribution in [0, 0.1) is 5.41 Å². The van der Waals surface area contributed by atoms with Gasteiger partial charge in [-0.3, -0.25) is 4.79 Å². The van der Waals surface area contributed by atoms with Crippen molar-refractivity contribution in [3.05, 3.63) is 29.8 Å². The molecule has 0 spiro atoms. The molecule has 1 amide bonds. The molecule has 0 aromatic heterocycles. The minimum absolute atomic E-state index is 0.0202. The Morgan fingerprint density at radius 3 is 2.38 bits per heavy atom. The average molecular weight is 330 g/mol. The van der Waals surface area contributed by atoms with E-state index in [9.17, 15) is 4.79 Å². The maximum atomic E-state index is 13.5. The van der Waals surface area contributed by atoms with Gasteiger partial charge in [0.1, 0.15) is 5.75 Å². The average Bonchev–Trinajstić information content (AvgIpc) is 3.07. The van der Waals surface area contributed by atoms with Crippen molar-refractivity contribution in [2.45, 2.75) is 57.4 Å². The molecule has 132 valence electrons. The first-order chi connectivity index (χ1) is 11.4. The molecule has 4 heteroatoms. The van der Waals surface area contributed by atoms with E-state index >= 15 is 0 Å². The van der Waals surface area contributed by atoms with Crippen molar-refractivity contribution in [2.24, 2.45) is 11.1 Å². The minimum Gasteiger partial charge on any atom is -0.497 e. The molecule has 3 rings (SSSR count). The third-order valence-corrected chi connectivity index (χ3v) is 6.11. The highest BCUT2D eigenvalue weighted by Gasteiger charge is 2.47. The number of nitrogens with two attached hydrogens (primary N) is 1. The Balaban J connectivity index is 1.88. The van der Waals surface area contributed by atoms with Gasteiger partial charge in [0, 0.05) is 19.1 Å². The number of benzene rings is 1. The molecule has 2 fully saturated rings. The zero-order valence-electron chi connectivity index (χ0n) is 15.2.